The molecule has 0 amide bonds. The summed E-state index contributed by atoms with van der Waals surface area (Å²) in [5.41, 5.74) is 0. The number of alkyl halides is 1. The maximum atomic E-state index is 10.2. The number of rotatable bonds is 1. The van der Waals surface area contributed by atoms with Crippen molar-refractivity contribution in [2.75, 3.05) is 5.88 Å². The van der Waals surface area contributed by atoms with E-state index in [4.69, 9.17) is 11.6 Å². The fraction of sp³-hybridized carbons (Fsp3) is 0.333. The summed E-state index contributed by atoms with van der Waals surface area (Å²) >= 11 is 5.20. The Morgan fingerprint density at radius 1 is 1.67 bits per heavy atom. The highest BCUT2D eigenvalue weighted by Gasteiger charge is 2.21. The largest absolute Gasteiger partial charge is 0.500 e. The second-order valence-corrected chi connectivity index (χ2v) is 2.75. The Kier molecular flexibility index (Phi) is 1.54. The monoisotopic (exact) mass is 170 g/mol. The van der Waals surface area contributed by atoms with Crippen molar-refractivity contribution in [2.45, 2.75) is 0 Å². The molecule has 0 radical (unpaired) electrons. The van der Waals surface area contributed by atoms with E-state index in [1.165, 1.54) is 0 Å². The molecule has 0 fully saturated rings. The lowest BCUT2D eigenvalue weighted by molar-refractivity contribution is 0.369. The molecule has 4 nitrogen and oxygen atoms in total. The molecule has 0 aliphatic carbocycles. The average molecular weight is 171 g/mol. The molecule has 0 N–H and O–H groups in total. The minimum Gasteiger partial charge on any atom is -0.357 e. The highest BCUT2D eigenvalue weighted by atomic mass is 35.5. The van der Waals surface area contributed by atoms with Crippen molar-refractivity contribution in [1.82, 2.24) is 0 Å². The van der Waals surface area contributed by atoms with Gasteiger partial charge in [0, 0.05) is 0 Å². The van der Waals surface area contributed by atoms with E-state index < -0.39 is 10.4 Å². The van der Waals surface area contributed by atoms with Gasteiger partial charge in [-0.1, -0.05) is 0 Å². The smallest absolute Gasteiger partial charge is 0.357 e. The first-order valence-corrected chi connectivity index (χ1v) is 3.88. The highest BCUT2D eigenvalue weighted by Crippen LogP contribution is 2.15. The quantitative estimate of drug-likeness (QED) is 0.533. The Bertz CT molecular complexity index is 228. The minimum atomic E-state index is -3.78. The van der Waals surface area contributed by atoms with Crippen LogP contribution in [0.3, 0.4) is 0 Å². The summed E-state index contributed by atoms with van der Waals surface area (Å²) in [6.45, 7) is 0. The zero-order chi connectivity index (χ0) is 6.91. The zero-order valence-electron chi connectivity index (χ0n) is 4.20. The summed E-state index contributed by atoms with van der Waals surface area (Å²) in [6, 6.07) is 0. The van der Waals surface area contributed by atoms with Gasteiger partial charge in [-0.05, 0) is 0 Å². The number of hydrogen-bond donors (Lipinski definition) is 0. The molecule has 0 atom stereocenters. The maximum Gasteiger partial charge on any atom is 0.500 e. The van der Waals surface area contributed by atoms with E-state index in [1.54, 1.807) is 0 Å². The lowest BCUT2D eigenvalue weighted by atomic mass is 10.6. The summed E-state index contributed by atoms with van der Waals surface area (Å²) in [5, 5.41) is 0. The Balaban J connectivity index is 2.71. The van der Waals surface area contributed by atoms with Crippen molar-refractivity contribution >= 4 is 22.0 Å². The minimum absolute atomic E-state index is 0.000764. The molecule has 6 heteroatoms. The van der Waals surface area contributed by atoms with E-state index in [1.807, 2.05) is 0 Å². The lowest BCUT2D eigenvalue weighted by Gasteiger charge is -1.91. The average Bonchev–Trinajstić information content (AvgIpc) is 2.10. The molecule has 0 unspecified atom stereocenters. The van der Waals surface area contributed by atoms with Crippen molar-refractivity contribution in [3.63, 3.8) is 0 Å². The van der Waals surface area contributed by atoms with Crippen LogP contribution in [0.4, 0.5) is 0 Å². The first-order valence-electron chi connectivity index (χ1n) is 2.02. The molecule has 0 spiro atoms. The molecule has 1 rings (SSSR count). The van der Waals surface area contributed by atoms with E-state index in [0.29, 0.717) is 0 Å². The van der Waals surface area contributed by atoms with E-state index in [9.17, 15) is 8.42 Å². The van der Waals surface area contributed by atoms with Gasteiger partial charge in [0.15, 0.2) is 12.0 Å². The van der Waals surface area contributed by atoms with Crippen LogP contribution in [0, 0.1) is 0 Å². The molecule has 1 aliphatic rings. The third-order valence-electron chi connectivity index (χ3n) is 0.638. The first-order chi connectivity index (χ1) is 4.14. The van der Waals surface area contributed by atoms with Gasteiger partial charge in [0.1, 0.15) is 0 Å². The van der Waals surface area contributed by atoms with Gasteiger partial charge in [-0.2, -0.15) is 0 Å². The van der Waals surface area contributed by atoms with Crippen LogP contribution in [0.25, 0.3) is 0 Å². The molecular formula is C3H3ClO4S. The van der Waals surface area contributed by atoms with Crippen LogP contribution in [-0.4, -0.2) is 14.3 Å². The van der Waals surface area contributed by atoms with Crippen LogP contribution in [0.2, 0.25) is 0 Å². The number of allylic oxidation sites excluding steroid dienone is 1. The fourth-order valence-corrected chi connectivity index (χ4v) is 1.14. The second kappa shape index (κ2) is 2.07. The summed E-state index contributed by atoms with van der Waals surface area (Å²) in [6.07, 6.45) is 0.961. The van der Waals surface area contributed by atoms with Crippen molar-refractivity contribution in [2.24, 2.45) is 0 Å². The number of halogens is 1. The Morgan fingerprint density at radius 3 is 2.56 bits per heavy atom. The predicted molar refractivity (Wildman–Crippen MR) is 29.9 cm³/mol. The van der Waals surface area contributed by atoms with E-state index >= 15 is 0 Å². The van der Waals surface area contributed by atoms with Crippen LogP contribution in [0.15, 0.2) is 12.0 Å². The summed E-state index contributed by atoms with van der Waals surface area (Å²) in [5.74, 6) is 0.107. The third kappa shape index (κ3) is 1.49. The molecule has 0 saturated heterocycles. The highest BCUT2D eigenvalue weighted by molar-refractivity contribution is 7.82. The summed E-state index contributed by atoms with van der Waals surface area (Å²) < 4.78 is 28.7. The van der Waals surface area contributed by atoms with Gasteiger partial charge >= 0.3 is 10.4 Å². The van der Waals surface area contributed by atoms with Crippen LogP contribution in [0.1, 0.15) is 0 Å². The van der Waals surface area contributed by atoms with Crippen molar-refractivity contribution in [3.05, 3.63) is 12.0 Å². The van der Waals surface area contributed by atoms with Crippen molar-refractivity contribution < 1.29 is 16.8 Å². The predicted octanol–water partition coefficient (Wildman–Crippen LogP) is 0.358. The third-order valence-corrected chi connectivity index (χ3v) is 1.65. The van der Waals surface area contributed by atoms with E-state index in [-0.39, 0.29) is 11.6 Å². The van der Waals surface area contributed by atoms with Crippen LogP contribution in [0.5, 0.6) is 0 Å². The number of hydrogen-bond acceptors (Lipinski definition) is 4. The van der Waals surface area contributed by atoms with E-state index in [2.05, 4.69) is 8.37 Å². The Labute approximate surface area is 57.3 Å². The van der Waals surface area contributed by atoms with E-state index in [0.717, 1.165) is 6.26 Å². The molecule has 9 heavy (non-hydrogen) atoms. The molecule has 0 aromatic heterocycles. The summed E-state index contributed by atoms with van der Waals surface area (Å²) in [7, 11) is -3.78. The molecule has 0 aromatic carbocycles. The van der Waals surface area contributed by atoms with Gasteiger partial charge < -0.3 is 8.37 Å². The van der Waals surface area contributed by atoms with Crippen LogP contribution in [-0.2, 0) is 18.8 Å². The zero-order valence-corrected chi connectivity index (χ0v) is 5.78. The summed E-state index contributed by atoms with van der Waals surface area (Å²) in [4.78, 5) is 0. The second-order valence-electron chi connectivity index (χ2n) is 1.31. The van der Waals surface area contributed by atoms with Gasteiger partial charge in [-0.3, -0.25) is 0 Å². The maximum absolute atomic E-state index is 10.2. The molecule has 0 bridgehead atoms. The van der Waals surface area contributed by atoms with Gasteiger partial charge in [0.05, 0.1) is 5.88 Å². The molecular weight excluding hydrogens is 168 g/mol. The first kappa shape index (κ1) is 6.70. The fourth-order valence-electron chi connectivity index (χ4n) is 0.337. The van der Waals surface area contributed by atoms with Crippen LogP contribution >= 0.6 is 11.6 Å². The van der Waals surface area contributed by atoms with Gasteiger partial charge in [0.25, 0.3) is 0 Å². The van der Waals surface area contributed by atoms with Crippen molar-refractivity contribution in [3.8, 4) is 0 Å². The molecule has 1 aliphatic heterocycles. The van der Waals surface area contributed by atoms with Crippen LogP contribution < -0.4 is 0 Å². The molecule has 0 saturated carbocycles. The standard InChI is InChI=1S/C3H3ClO4S/c4-1-3-2-7-9(5,6)8-3/h2H,1H2. The van der Waals surface area contributed by atoms with Gasteiger partial charge in [-0.15, -0.1) is 20.0 Å². The van der Waals surface area contributed by atoms with Gasteiger partial charge in [0.2, 0.25) is 0 Å². The van der Waals surface area contributed by atoms with Gasteiger partial charge in [-0.25, -0.2) is 0 Å². The van der Waals surface area contributed by atoms with Crippen molar-refractivity contribution in [1.29, 1.82) is 0 Å². The Hall–Kier alpha value is -0.420. The molecule has 0 aromatic rings. The molecule has 52 valence electrons. The Morgan fingerprint density at radius 2 is 2.33 bits per heavy atom. The topological polar surface area (TPSA) is 52.6 Å². The molecule has 1 heterocycles. The SMILES string of the molecule is O=S1(=O)OC=C(CCl)O1. The normalized spacial score (nSPS) is 22.1. The lowest BCUT2D eigenvalue weighted by Crippen LogP contribution is -1.98.